The van der Waals surface area contributed by atoms with Crippen molar-refractivity contribution in [2.75, 3.05) is 26.1 Å². The molecule has 0 atom stereocenters. The lowest BCUT2D eigenvalue weighted by molar-refractivity contribution is 0.251. The summed E-state index contributed by atoms with van der Waals surface area (Å²) in [7, 11) is 3.03. The van der Waals surface area contributed by atoms with Gasteiger partial charge in [0.05, 0.1) is 41.9 Å². The molecule has 2 amide bonds. The Balaban J connectivity index is 1.42. The molecule has 176 valence electrons. The van der Waals surface area contributed by atoms with Crippen LogP contribution in [0.3, 0.4) is 0 Å². The normalized spacial score (nSPS) is 10.7. The van der Waals surface area contributed by atoms with Gasteiger partial charge in [-0.05, 0) is 36.6 Å². The molecule has 0 fully saturated rings. The van der Waals surface area contributed by atoms with E-state index in [1.54, 1.807) is 46.9 Å². The Morgan fingerprint density at radius 2 is 1.97 bits per heavy atom. The van der Waals surface area contributed by atoms with Crippen molar-refractivity contribution in [1.82, 2.24) is 20.1 Å². The molecule has 4 aromatic rings. The van der Waals surface area contributed by atoms with Gasteiger partial charge in [0, 0.05) is 12.6 Å². The number of methoxy groups -OCH3 is 2. The fourth-order valence-corrected chi connectivity index (χ4v) is 5.13. The van der Waals surface area contributed by atoms with Gasteiger partial charge in [0.2, 0.25) is 0 Å². The number of nitrogens with one attached hydrogen (secondary N) is 2. The van der Waals surface area contributed by atoms with Crippen molar-refractivity contribution in [2.24, 2.45) is 0 Å². The van der Waals surface area contributed by atoms with E-state index in [2.05, 4.69) is 20.7 Å². The Morgan fingerprint density at radius 1 is 1.12 bits per heavy atom. The van der Waals surface area contributed by atoms with Gasteiger partial charge in [-0.3, -0.25) is 4.79 Å². The van der Waals surface area contributed by atoms with Crippen molar-refractivity contribution in [1.29, 1.82) is 0 Å². The minimum atomic E-state index is -0.436. The van der Waals surface area contributed by atoms with E-state index in [9.17, 15) is 9.59 Å². The van der Waals surface area contributed by atoms with Crippen LogP contribution in [-0.2, 0) is 6.54 Å². The standard InChI is InChI=1S/C23H23N5O4S2/c1-14-21(34-22(25-14)18-8-5-13-33-18)16-9-10-19(29)28(27-16)12-11-24-23(30)26-15-6-4-7-17(31-2)20(15)32-3/h4-10,13H,11-12H2,1-3H3,(H2,24,26,30). The number of carbonyl (C=O) groups excluding carboxylic acids is 1. The molecule has 0 aliphatic heterocycles. The summed E-state index contributed by atoms with van der Waals surface area (Å²) >= 11 is 3.17. The monoisotopic (exact) mass is 497 g/mol. The maximum absolute atomic E-state index is 12.4. The molecule has 4 rings (SSSR count). The summed E-state index contributed by atoms with van der Waals surface area (Å²) in [6, 6.07) is 12.0. The molecule has 1 aromatic carbocycles. The van der Waals surface area contributed by atoms with Crippen LogP contribution >= 0.6 is 22.7 Å². The smallest absolute Gasteiger partial charge is 0.319 e. The van der Waals surface area contributed by atoms with Crippen LogP contribution in [0.5, 0.6) is 11.5 Å². The van der Waals surface area contributed by atoms with Gasteiger partial charge in [-0.2, -0.15) is 5.10 Å². The predicted molar refractivity (Wildman–Crippen MR) is 134 cm³/mol. The fourth-order valence-electron chi connectivity index (χ4n) is 3.30. The van der Waals surface area contributed by atoms with E-state index in [0.29, 0.717) is 22.9 Å². The summed E-state index contributed by atoms with van der Waals surface area (Å²) in [6.45, 7) is 2.35. The topological polar surface area (TPSA) is 107 Å². The number of aromatic nitrogens is 3. The molecule has 3 aromatic heterocycles. The van der Waals surface area contributed by atoms with Gasteiger partial charge in [0.15, 0.2) is 11.5 Å². The van der Waals surface area contributed by atoms with E-state index in [1.807, 2.05) is 24.4 Å². The van der Waals surface area contributed by atoms with Crippen molar-refractivity contribution in [2.45, 2.75) is 13.5 Å². The number of nitrogens with zero attached hydrogens (tertiary/aromatic N) is 3. The highest BCUT2D eigenvalue weighted by Crippen LogP contribution is 2.36. The van der Waals surface area contributed by atoms with Crippen LogP contribution in [0, 0.1) is 6.92 Å². The number of urea groups is 1. The molecule has 9 nitrogen and oxygen atoms in total. The summed E-state index contributed by atoms with van der Waals surface area (Å²) in [5, 5.41) is 12.9. The Morgan fingerprint density at radius 3 is 2.71 bits per heavy atom. The molecule has 0 aliphatic carbocycles. The van der Waals surface area contributed by atoms with Crippen LogP contribution in [0.2, 0.25) is 0 Å². The third-order valence-electron chi connectivity index (χ3n) is 4.89. The number of carbonyl (C=O) groups is 1. The number of hydrogen-bond donors (Lipinski definition) is 2. The zero-order chi connectivity index (χ0) is 24.1. The van der Waals surface area contributed by atoms with Crippen molar-refractivity contribution in [3.05, 3.63) is 63.9 Å². The molecule has 0 saturated carbocycles. The van der Waals surface area contributed by atoms with Crippen LogP contribution < -0.4 is 25.7 Å². The number of thiazole rings is 1. The van der Waals surface area contributed by atoms with Crippen molar-refractivity contribution >= 4 is 34.4 Å². The van der Waals surface area contributed by atoms with Gasteiger partial charge >= 0.3 is 6.03 Å². The third kappa shape index (κ3) is 5.10. The third-order valence-corrected chi connectivity index (χ3v) is 7.11. The van der Waals surface area contributed by atoms with E-state index in [0.717, 1.165) is 20.5 Å². The second-order valence-corrected chi connectivity index (χ2v) is 9.06. The maximum Gasteiger partial charge on any atom is 0.319 e. The maximum atomic E-state index is 12.4. The number of aryl methyl sites for hydroxylation is 1. The quantitative estimate of drug-likeness (QED) is 0.377. The minimum Gasteiger partial charge on any atom is -0.493 e. The first kappa shape index (κ1) is 23.5. The first-order valence-electron chi connectivity index (χ1n) is 10.4. The highest BCUT2D eigenvalue weighted by molar-refractivity contribution is 7.23. The lowest BCUT2D eigenvalue weighted by atomic mass is 10.2. The molecule has 0 radical (unpaired) electrons. The molecular weight excluding hydrogens is 474 g/mol. The molecule has 0 bridgehead atoms. The molecule has 0 spiro atoms. The molecule has 11 heteroatoms. The molecule has 0 aliphatic rings. The number of anilines is 1. The number of hydrogen-bond acceptors (Lipinski definition) is 8. The predicted octanol–water partition coefficient (Wildman–Crippen LogP) is 4.24. The van der Waals surface area contributed by atoms with Crippen molar-refractivity contribution in [3.8, 4) is 32.0 Å². The summed E-state index contributed by atoms with van der Waals surface area (Å²) in [5.74, 6) is 0.932. The number of benzene rings is 1. The van der Waals surface area contributed by atoms with Crippen LogP contribution in [0.4, 0.5) is 10.5 Å². The van der Waals surface area contributed by atoms with Crippen molar-refractivity contribution < 1.29 is 14.3 Å². The molecular formula is C23H23N5O4S2. The first-order valence-corrected chi connectivity index (χ1v) is 12.1. The molecule has 2 N–H and O–H groups in total. The molecule has 3 heterocycles. The Labute approximate surface area is 204 Å². The van der Waals surface area contributed by atoms with Crippen molar-refractivity contribution in [3.63, 3.8) is 0 Å². The Kier molecular flexibility index (Phi) is 7.24. The largest absolute Gasteiger partial charge is 0.493 e. The summed E-state index contributed by atoms with van der Waals surface area (Å²) < 4.78 is 11.9. The number of ether oxygens (including phenoxy) is 2. The van der Waals surface area contributed by atoms with Crippen LogP contribution in [0.15, 0.2) is 52.6 Å². The Bertz CT molecular complexity index is 1350. The second-order valence-electron chi connectivity index (χ2n) is 7.11. The Hall–Kier alpha value is -3.70. The van der Waals surface area contributed by atoms with E-state index < -0.39 is 6.03 Å². The molecule has 0 unspecified atom stereocenters. The first-order chi connectivity index (χ1) is 16.5. The lowest BCUT2D eigenvalue weighted by Crippen LogP contribution is -2.34. The van der Waals surface area contributed by atoms with Gasteiger partial charge in [0.25, 0.3) is 5.56 Å². The van der Waals surface area contributed by atoms with E-state index >= 15 is 0 Å². The number of para-hydroxylation sites is 1. The summed E-state index contributed by atoms with van der Waals surface area (Å²) in [6.07, 6.45) is 0. The summed E-state index contributed by atoms with van der Waals surface area (Å²) in [4.78, 5) is 31.4. The van der Waals surface area contributed by atoms with Gasteiger partial charge in [0.1, 0.15) is 10.7 Å². The highest BCUT2D eigenvalue weighted by atomic mass is 32.1. The average Bonchev–Trinajstić information content (AvgIpc) is 3.50. The van der Waals surface area contributed by atoms with Crippen LogP contribution in [-0.4, -0.2) is 41.6 Å². The van der Waals surface area contributed by atoms with E-state index in [-0.39, 0.29) is 18.6 Å². The number of thiophene rings is 1. The van der Waals surface area contributed by atoms with Crippen LogP contribution in [0.25, 0.3) is 20.5 Å². The molecule has 34 heavy (non-hydrogen) atoms. The lowest BCUT2D eigenvalue weighted by Gasteiger charge is -2.14. The van der Waals surface area contributed by atoms with Gasteiger partial charge in [-0.25, -0.2) is 14.5 Å². The zero-order valence-corrected chi connectivity index (χ0v) is 20.5. The second kappa shape index (κ2) is 10.5. The fraction of sp³-hybridized carbons (Fsp3) is 0.217. The van der Waals surface area contributed by atoms with Gasteiger partial charge in [-0.15, -0.1) is 22.7 Å². The summed E-state index contributed by atoms with van der Waals surface area (Å²) in [5.41, 5.74) is 1.75. The van der Waals surface area contributed by atoms with E-state index in [4.69, 9.17) is 9.47 Å². The van der Waals surface area contributed by atoms with E-state index in [1.165, 1.54) is 25.0 Å². The van der Waals surface area contributed by atoms with Gasteiger partial charge < -0.3 is 20.1 Å². The minimum absolute atomic E-state index is 0.205. The molecule has 0 saturated heterocycles. The number of rotatable bonds is 8. The average molecular weight is 498 g/mol. The zero-order valence-electron chi connectivity index (χ0n) is 18.8. The number of amides is 2. The SMILES string of the molecule is COc1cccc(NC(=O)NCCn2nc(-c3sc(-c4cccs4)nc3C)ccc2=O)c1OC. The highest BCUT2D eigenvalue weighted by Gasteiger charge is 2.15. The van der Waals surface area contributed by atoms with Gasteiger partial charge in [-0.1, -0.05) is 12.1 Å². The van der Waals surface area contributed by atoms with Crippen LogP contribution in [0.1, 0.15) is 5.69 Å².